The van der Waals surface area contributed by atoms with E-state index < -0.39 is 46.7 Å². The molecule has 1 aromatic rings. The largest absolute Gasteiger partial charge is 0.468 e. The molecule has 2 fully saturated rings. The lowest BCUT2D eigenvalue weighted by molar-refractivity contribution is -0.138. The maximum Gasteiger partial charge on any atom is 0.419 e. The molecule has 0 amide bonds. The summed E-state index contributed by atoms with van der Waals surface area (Å²) in [5.41, 5.74) is 3.08. The lowest BCUT2D eigenvalue weighted by atomic mass is 9.91. The minimum absolute atomic E-state index is 0.109. The van der Waals surface area contributed by atoms with E-state index in [0.717, 1.165) is 31.9 Å². The van der Waals surface area contributed by atoms with Gasteiger partial charge < -0.3 is 15.8 Å². The molecule has 1 aliphatic carbocycles. The van der Waals surface area contributed by atoms with Crippen molar-refractivity contribution in [2.45, 2.75) is 89.9 Å². The second kappa shape index (κ2) is 18.8. The molecule has 2 heterocycles. The van der Waals surface area contributed by atoms with Crippen molar-refractivity contribution < 1.29 is 40.1 Å². The molecule has 3 atom stereocenters. The molecule has 0 spiro atoms. The van der Waals surface area contributed by atoms with Crippen LogP contribution < -0.4 is 11.1 Å². The van der Waals surface area contributed by atoms with Crippen molar-refractivity contribution in [3.8, 4) is 0 Å². The van der Waals surface area contributed by atoms with E-state index in [-0.39, 0.29) is 17.2 Å². The Morgan fingerprint density at radius 3 is 2.33 bits per heavy atom. The number of alkyl halides is 6. The Balaban J connectivity index is 0.00000120. The van der Waals surface area contributed by atoms with Gasteiger partial charge in [0, 0.05) is 48.6 Å². The summed E-state index contributed by atoms with van der Waals surface area (Å²) in [5, 5.41) is 3.15. The second-order valence-electron chi connectivity index (χ2n) is 9.73. The maximum absolute atomic E-state index is 13.5. The smallest absolute Gasteiger partial charge is 0.419 e. The van der Waals surface area contributed by atoms with Gasteiger partial charge in [0.2, 0.25) is 5.95 Å². The van der Waals surface area contributed by atoms with E-state index in [2.05, 4.69) is 31.9 Å². The predicted octanol–water partition coefficient (Wildman–Crippen LogP) is 5.75. The van der Waals surface area contributed by atoms with E-state index in [4.69, 9.17) is 5.73 Å². The zero-order valence-corrected chi connectivity index (χ0v) is 25.7. The first-order valence-corrected chi connectivity index (χ1v) is 15.4. The number of carbonyl (C=O) groups excluding carboxylic acids is 1. The molecular formula is C27H42F6N6O3S. The van der Waals surface area contributed by atoms with Crippen LogP contribution in [0.4, 0.5) is 32.3 Å². The third-order valence-corrected chi connectivity index (χ3v) is 8.37. The summed E-state index contributed by atoms with van der Waals surface area (Å²) in [6.07, 6.45) is -2.28. The van der Waals surface area contributed by atoms with Gasteiger partial charge in [0.15, 0.2) is 0 Å². The van der Waals surface area contributed by atoms with Gasteiger partial charge >= 0.3 is 12.4 Å². The first kappa shape index (κ1) is 38.3. The fourth-order valence-corrected chi connectivity index (χ4v) is 6.37. The van der Waals surface area contributed by atoms with E-state index in [1.165, 1.54) is 0 Å². The van der Waals surface area contributed by atoms with Gasteiger partial charge in [0.1, 0.15) is 12.1 Å². The number of rotatable bonds is 9. The van der Waals surface area contributed by atoms with E-state index in [1.807, 2.05) is 18.2 Å². The van der Waals surface area contributed by atoms with Crippen LogP contribution in [0.1, 0.15) is 77.5 Å². The zero-order chi connectivity index (χ0) is 32.6. The average molecular weight is 645 g/mol. The van der Waals surface area contributed by atoms with Crippen molar-refractivity contribution >= 4 is 35.2 Å². The van der Waals surface area contributed by atoms with Crippen molar-refractivity contribution in [1.82, 2.24) is 14.3 Å². The monoisotopic (exact) mass is 644 g/mol. The van der Waals surface area contributed by atoms with Crippen LogP contribution in [0.3, 0.4) is 0 Å². The number of allylic oxidation sites excluding steroid dienone is 1. The summed E-state index contributed by atoms with van der Waals surface area (Å²) in [6, 6.07) is -0.169. The highest BCUT2D eigenvalue weighted by Gasteiger charge is 2.36. The molecular weight excluding hydrogens is 602 g/mol. The van der Waals surface area contributed by atoms with E-state index in [9.17, 15) is 35.3 Å². The maximum atomic E-state index is 13.5. The first-order chi connectivity index (χ1) is 20.3. The van der Waals surface area contributed by atoms with E-state index >= 15 is 0 Å². The van der Waals surface area contributed by atoms with Crippen LogP contribution in [0.5, 0.6) is 0 Å². The standard InChI is InChI=1S/C22H30F6N6OS.C3H6O2.C2H6/c1-14-3-2-4-17(9-14)36(35)34-7-5-16(6-8-34)32-20-31-12-18(22(26,27)28)19(33-20)15(10-29)11-30-13-21(23,24)25;1-2-5-3-4;1-2/h10-12,14,16-17H,2-9,13,29H2,1H3,(H,31,32,33);3H,2H2,1H3;1-2H3/b15-10+,30-11?;;. The Kier molecular flexibility index (Phi) is 16.7. The Hall–Kier alpha value is -2.75. The number of ether oxygens (including phenoxy) is 1. The van der Waals surface area contributed by atoms with Crippen molar-refractivity contribution in [3.05, 3.63) is 23.7 Å². The van der Waals surface area contributed by atoms with Gasteiger partial charge in [-0.1, -0.05) is 33.6 Å². The topological polar surface area (TPSA) is 123 Å². The van der Waals surface area contributed by atoms with Gasteiger partial charge in [0.05, 0.1) is 23.3 Å². The molecule has 43 heavy (non-hydrogen) atoms. The van der Waals surface area contributed by atoms with Crippen molar-refractivity contribution in [2.24, 2.45) is 16.6 Å². The third-order valence-electron chi connectivity index (χ3n) is 6.50. The van der Waals surface area contributed by atoms with Crippen LogP contribution in [0.2, 0.25) is 0 Å². The Bertz CT molecular complexity index is 1060. The molecule has 2 aliphatic rings. The number of halogens is 6. The zero-order valence-electron chi connectivity index (χ0n) is 24.9. The van der Waals surface area contributed by atoms with E-state index in [1.54, 1.807) is 6.92 Å². The molecule has 246 valence electrons. The van der Waals surface area contributed by atoms with Crippen LogP contribution in [0.15, 0.2) is 17.4 Å². The molecule has 3 rings (SSSR count). The van der Waals surface area contributed by atoms with Crippen LogP contribution in [0.25, 0.3) is 5.57 Å². The highest BCUT2D eigenvalue weighted by Crippen LogP contribution is 2.34. The number of aromatic nitrogens is 2. The molecule has 3 N–H and O–H groups in total. The van der Waals surface area contributed by atoms with Crippen LogP contribution in [-0.2, 0) is 26.7 Å². The Morgan fingerprint density at radius 1 is 1.19 bits per heavy atom. The van der Waals surface area contributed by atoms with Crippen molar-refractivity contribution in [1.29, 1.82) is 0 Å². The van der Waals surface area contributed by atoms with Gasteiger partial charge in [-0.05, 0) is 38.5 Å². The summed E-state index contributed by atoms with van der Waals surface area (Å²) in [5.74, 6) is 0.450. The van der Waals surface area contributed by atoms with Gasteiger partial charge in [-0.25, -0.2) is 18.5 Å². The summed E-state index contributed by atoms with van der Waals surface area (Å²) in [7, 11) is -1.08. The average Bonchev–Trinajstić information content (AvgIpc) is 2.96. The normalized spacial score (nSPS) is 21.2. The number of nitrogens with two attached hydrogens (primary N) is 1. The highest BCUT2D eigenvalue weighted by atomic mass is 32.2. The van der Waals surface area contributed by atoms with E-state index in [0.29, 0.717) is 57.3 Å². The van der Waals surface area contributed by atoms with Gasteiger partial charge in [-0.15, -0.1) is 0 Å². The highest BCUT2D eigenvalue weighted by molar-refractivity contribution is 7.83. The van der Waals surface area contributed by atoms with Crippen LogP contribution in [0, 0.1) is 5.92 Å². The molecule has 0 radical (unpaired) electrons. The van der Waals surface area contributed by atoms with Gasteiger partial charge in [0.25, 0.3) is 6.47 Å². The van der Waals surface area contributed by atoms with Crippen LogP contribution in [-0.4, -0.2) is 74.9 Å². The summed E-state index contributed by atoms with van der Waals surface area (Å²) >= 11 is 0. The van der Waals surface area contributed by atoms with Crippen LogP contribution >= 0.6 is 0 Å². The fraction of sp³-hybridized carbons (Fsp3) is 0.704. The summed E-state index contributed by atoms with van der Waals surface area (Å²) < 4.78 is 96.8. The molecule has 0 aromatic carbocycles. The number of hydrogen-bond acceptors (Lipinski definition) is 8. The molecule has 9 nitrogen and oxygen atoms in total. The molecule has 1 aliphatic heterocycles. The number of nitrogens with one attached hydrogen (secondary N) is 1. The molecule has 1 saturated carbocycles. The Labute approximate surface area is 251 Å². The summed E-state index contributed by atoms with van der Waals surface area (Å²) in [4.78, 5) is 20.0. The number of aliphatic imine (C=N–C) groups is 1. The minimum atomic E-state index is -4.86. The SMILES string of the molecule is CC.CC1CCCC(S(=O)N2CCC(Nc3ncc(C(F)(F)F)c(/C(C=NCC(F)(F)F)=C/N)n3)CC2)C1.CCOC=O. The van der Waals surface area contributed by atoms with Gasteiger partial charge in [-0.3, -0.25) is 9.79 Å². The lowest BCUT2D eigenvalue weighted by Gasteiger charge is -2.35. The number of piperidine rings is 1. The number of hydrogen-bond donors (Lipinski definition) is 2. The second-order valence-corrected chi connectivity index (χ2v) is 11.5. The van der Waals surface area contributed by atoms with Crippen molar-refractivity contribution in [3.63, 3.8) is 0 Å². The molecule has 1 saturated heterocycles. The fourth-order valence-electron chi connectivity index (χ4n) is 4.51. The number of nitrogens with zero attached hydrogens (tertiary/aromatic N) is 4. The minimum Gasteiger partial charge on any atom is -0.468 e. The molecule has 16 heteroatoms. The lowest BCUT2D eigenvalue weighted by Crippen LogP contribution is -2.43. The molecule has 0 bridgehead atoms. The quantitative estimate of drug-likeness (QED) is 0.199. The summed E-state index contributed by atoms with van der Waals surface area (Å²) in [6.45, 7) is 8.38. The number of anilines is 1. The molecule has 3 unspecified atom stereocenters. The predicted molar refractivity (Wildman–Crippen MR) is 155 cm³/mol. The Morgan fingerprint density at radius 2 is 1.84 bits per heavy atom. The van der Waals surface area contributed by atoms with Crippen molar-refractivity contribution in [2.75, 3.05) is 31.6 Å². The van der Waals surface area contributed by atoms with Gasteiger partial charge in [-0.2, -0.15) is 26.3 Å². The third kappa shape index (κ3) is 13.6. The number of carbonyl (C=O) groups is 1. The first-order valence-electron chi connectivity index (χ1n) is 14.2. The molecule has 1 aromatic heterocycles.